The Kier molecular flexibility index (Phi) is 4.17. The van der Waals surface area contributed by atoms with Crippen molar-refractivity contribution in [2.24, 2.45) is 0 Å². The van der Waals surface area contributed by atoms with Crippen LogP contribution < -0.4 is 0 Å². The summed E-state index contributed by atoms with van der Waals surface area (Å²) in [5.74, 6) is 0. The molecule has 0 aliphatic carbocycles. The third kappa shape index (κ3) is 2.53. The minimum absolute atomic E-state index is 0.00472. The fourth-order valence-corrected chi connectivity index (χ4v) is 0.381. The van der Waals surface area contributed by atoms with Gasteiger partial charge in [0.2, 0.25) is 0 Å². The van der Waals surface area contributed by atoms with Crippen molar-refractivity contribution in [3.8, 4) is 0 Å². The normalized spacial score (nSPS) is 11.5. The van der Waals surface area contributed by atoms with Crippen LogP contribution in [0.3, 0.4) is 0 Å². The zero-order valence-corrected chi connectivity index (χ0v) is 4.92. The summed E-state index contributed by atoms with van der Waals surface area (Å²) in [4.78, 5) is 9.78. The van der Waals surface area contributed by atoms with Crippen molar-refractivity contribution in [1.82, 2.24) is 0 Å². The predicted molar refractivity (Wildman–Crippen MR) is 31.5 cm³/mol. The van der Waals surface area contributed by atoms with Gasteiger partial charge >= 0.3 is 0 Å². The van der Waals surface area contributed by atoms with Crippen LogP contribution in [-0.4, -0.2) is 18.0 Å². The molecular formula is C6H10O2. The van der Waals surface area contributed by atoms with Crippen LogP contribution >= 0.6 is 0 Å². The summed E-state index contributed by atoms with van der Waals surface area (Å²) >= 11 is 0. The van der Waals surface area contributed by atoms with Crippen LogP contribution in [0, 0.1) is 0 Å². The number of aliphatic hydroxyl groups excluding tert-OH is 1. The van der Waals surface area contributed by atoms with Gasteiger partial charge in [0.05, 0.1) is 6.61 Å². The molecule has 2 nitrogen and oxygen atoms in total. The average molecular weight is 114 g/mol. The average Bonchev–Trinajstić information content (AvgIpc) is 1.83. The molecule has 0 aromatic carbocycles. The first-order chi connectivity index (χ1) is 3.85. The van der Waals surface area contributed by atoms with E-state index in [-0.39, 0.29) is 6.61 Å². The van der Waals surface area contributed by atoms with E-state index in [1.165, 1.54) is 0 Å². The monoisotopic (exact) mass is 114 g/mol. The Morgan fingerprint density at radius 3 is 2.50 bits per heavy atom. The molecule has 0 aliphatic heterocycles. The molecule has 2 heteroatoms. The first-order valence-corrected chi connectivity index (χ1v) is 2.53. The van der Waals surface area contributed by atoms with E-state index in [4.69, 9.17) is 5.11 Å². The topological polar surface area (TPSA) is 37.3 Å². The van der Waals surface area contributed by atoms with Crippen molar-refractivity contribution < 1.29 is 9.90 Å². The maximum absolute atomic E-state index is 9.78. The van der Waals surface area contributed by atoms with Crippen LogP contribution in [0.5, 0.6) is 0 Å². The summed E-state index contributed by atoms with van der Waals surface area (Å²) in [7, 11) is 0. The van der Waals surface area contributed by atoms with Crippen LogP contribution in [0.1, 0.15) is 13.3 Å². The molecule has 0 saturated carbocycles. The molecule has 0 amide bonds. The maximum Gasteiger partial charge on any atom is 0.124 e. The Bertz CT molecular complexity index is 94.7. The lowest BCUT2D eigenvalue weighted by atomic mass is 10.2. The zero-order chi connectivity index (χ0) is 6.41. The van der Waals surface area contributed by atoms with Gasteiger partial charge in [0, 0.05) is 6.42 Å². The number of aliphatic hydroxyl groups is 1. The fourth-order valence-electron chi connectivity index (χ4n) is 0.381. The van der Waals surface area contributed by atoms with Gasteiger partial charge in [-0.05, 0) is 12.5 Å². The number of rotatable bonds is 3. The lowest BCUT2D eigenvalue weighted by Gasteiger charge is -1.92. The van der Waals surface area contributed by atoms with E-state index < -0.39 is 0 Å². The van der Waals surface area contributed by atoms with E-state index >= 15 is 0 Å². The van der Waals surface area contributed by atoms with E-state index in [1.807, 2.05) is 0 Å². The molecule has 0 radical (unpaired) electrons. The second kappa shape index (κ2) is 4.53. The molecule has 0 rings (SSSR count). The SMILES string of the molecule is CC=C(CO)CC=O. The molecule has 0 saturated heterocycles. The minimum atomic E-state index is -0.00472. The lowest BCUT2D eigenvalue weighted by molar-refractivity contribution is -0.107. The molecule has 46 valence electrons. The van der Waals surface area contributed by atoms with E-state index in [2.05, 4.69) is 0 Å². The third-order valence-corrected chi connectivity index (χ3v) is 0.957. The maximum atomic E-state index is 9.78. The summed E-state index contributed by atoms with van der Waals surface area (Å²) < 4.78 is 0. The Labute approximate surface area is 48.8 Å². The molecule has 0 aromatic rings. The second-order valence-electron chi connectivity index (χ2n) is 1.48. The van der Waals surface area contributed by atoms with Crippen LogP contribution in [0.2, 0.25) is 0 Å². The van der Waals surface area contributed by atoms with Crippen molar-refractivity contribution in [2.75, 3.05) is 6.61 Å². The highest BCUT2D eigenvalue weighted by atomic mass is 16.3. The minimum Gasteiger partial charge on any atom is -0.392 e. The first kappa shape index (κ1) is 7.37. The van der Waals surface area contributed by atoms with Gasteiger partial charge in [-0.25, -0.2) is 0 Å². The van der Waals surface area contributed by atoms with Crippen molar-refractivity contribution in [3.05, 3.63) is 11.6 Å². The molecule has 0 fully saturated rings. The van der Waals surface area contributed by atoms with Gasteiger partial charge in [0.15, 0.2) is 0 Å². The highest BCUT2D eigenvalue weighted by molar-refractivity contribution is 5.54. The summed E-state index contributed by atoms with van der Waals surface area (Å²) in [6, 6.07) is 0. The van der Waals surface area contributed by atoms with E-state index in [9.17, 15) is 4.79 Å². The Hall–Kier alpha value is -0.630. The predicted octanol–water partition coefficient (Wildman–Crippen LogP) is 0.514. The summed E-state index contributed by atoms with van der Waals surface area (Å²) in [6.07, 6.45) is 2.88. The van der Waals surface area contributed by atoms with Crippen LogP contribution in [0.4, 0.5) is 0 Å². The smallest absolute Gasteiger partial charge is 0.124 e. The molecule has 1 N–H and O–H groups in total. The highest BCUT2D eigenvalue weighted by Gasteiger charge is 1.88. The number of aldehydes is 1. The quantitative estimate of drug-likeness (QED) is 0.429. The number of carbonyl (C=O) groups excluding carboxylic acids is 1. The Morgan fingerprint density at radius 1 is 1.75 bits per heavy atom. The number of carbonyl (C=O) groups is 1. The van der Waals surface area contributed by atoms with Crippen LogP contribution in [-0.2, 0) is 4.79 Å². The Balaban J connectivity index is 3.53. The number of allylic oxidation sites excluding steroid dienone is 1. The van der Waals surface area contributed by atoms with E-state index in [1.54, 1.807) is 13.0 Å². The van der Waals surface area contributed by atoms with Gasteiger partial charge in [0.1, 0.15) is 6.29 Å². The number of hydrogen-bond acceptors (Lipinski definition) is 2. The molecule has 0 atom stereocenters. The van der Waals surface area contributed by atoms with Crippen LogP contribution in [0.25, 0.3) is 0 Å². The van der Waals surface area contributed by atoms with Crippen molar-refractivity contribution >= 4 is 6.29 Å². The van der Waals surface area contributed by atoms with E-state index in [0.717, 1.165) is 11.9 Å². The second-order valence-corrected chi connectivity index (χ2v) is 1.48. The summed E-state index contributed by atoms with van der Waals surface area (Å²) in [5, 5.41) is 8.43. The third-order valence-electron chi connectivity index (χ3n) is 0.957. The van der Waals surface area contributed by atoms with Gasteiger partial charge in [-0.3, -0.25) is 0 Å². The summed E-state index contributed by atoms with van der Waals surface area (Å²) in [6.45, 7) is 1.80. The molecular weight excluding hydrogens is 104 g/mol. The highest BCUT2D eigenvalue weighted by Crippen LogP contribution is 1.94. The summed E-state index contributed by atoms with van der Waals surface area (Å²) in [5.41, 5.74) is 0.778. The lowest BCUT2D eigenvalue weighted by Crippen LogP contribution is -1.89. The van der Waals surface area contributed by atoms with Gasteiger partial charge in [0.25, 0.3) is 0 Å². The molecule has 0 aliphatic rings. The zero-order valence-electron chi connectivity index (χ0n) is 4.92. The van der Waals surface area contributed by atoms with Crippen molar-refractivity contribution in [3.63, 3.8) is 0 Å². The fraction of sp³-hybridized carbons (Fsp3) is 0.500. The van der Waals surface area contributed by atoms with Gasteiger partial charge in [-0.15, -0.1) is 0 Å². The van der Waals surface area contributed by atoms with Gasteiger partial charge < -0.3 is 9.90 Å². The first-order valence-electron chi connectivity index (χ1n) is 2.53. The molecule has 0 aromatic heterocycles. The van der Waals surface area contributed by atoms with E-state index in [0.29, 0.717) is 6.42 Å². The molecule has 0 spiro atoms. The van der Waals surface area contributed by atoms with Crippen molar-refractivity contribution in [2.45, 2.75) is 13.3 Å². The van der Waals surface area contributed by atoms with Crippen molar-refractivity contribution in [1.29, 1.82) is 0 Å². The van der Waals surface area contributed by atoms with Gasteiger partial charge in [-0.2, -0.15) is 0 Å². The Morgan fingerprint density at radius 2 is 2.38 bits per heavy atom. The molecule has 0 heterocycles. The largest absolute Gasteiger partial charge is 0.392 e. The molecule has 0 bridgehead atoms. The number of hydrogen-bond donors (Lipinski definition) is 1. The van der Waals surface area contributed by atoms with Crippen LogP contribution in [0.15, 0.2) is 11.6 Å². The molecule has 0 unspecified atom stereocenters. The molecule has 8 heavy (non-hydrogen) atoms. The standard InChI is InChI=1S/C6H10O2/c1-2-6(5-8)3-4-7/h2,4,8H,3,5H2,1H3. The van der Waals surface area contributed by atoms with Gasteiger partial charge in [-0.1, -0.05) is 6.08 Å².